The van der Waals surface area contributed by atoms with Gasteiger partial charge in [-0.3, -0.25) is 0 Å². The third-order valence-corrected chi connectivity index (χ3v) is 23.4. The molecular formula is C37H32Cl2SiZr. The van der Waals surface area contributed by atoms with E-state index in [1.807, 2.05) is 0 Å². The quantitative estimate of drug-likeness (QED) is 0.157. The molecule has 0 spiro atoms. The molecule has 1 atom stereocenters. The van der Waals surface area contributed by atoms with Crippen molar-refractivity contribution >= 4 is 46.3 Å². The minimum absolute atomic E-state index is 0.0881. The van der Waals surface area contributed by atoms with Crippen LogP contribution >= 0.6 is 17.0 Å². The van der Waals surface area contributed by atoms with Crippen LogP contribution in [0.4, 0.5) is 0 Å². The van der Waals surface area contributed by atoms with Gasteiger partial charge >= 0.3 is 259 Å². The molecule has 1 heterocycles. The first kappa shape index (κ1) is 27.4. The first-order chi connectivity index (χ1) is 20.0. The van der Waals surface area contributed by atoms with Gasteiger partial charge in [0.2, 0.25) is 0 Å². The average Bonchev–Trinajstić information content (AvgIpc) is 3.55. The summed E-state index contributed by atoms with van der Waals surface area (Å²) in [5.74, 6) is 0. The van der Waals surface area contributed by atoms with E-state index >= 15 is 0 Å². The van der Waals surface area contributed by atoms with E-state index < -0.39 is 27.4 Å². The first-order valence-corrected chi connectivity index (χ1v) is 25.0. The van der Waals surface area contributed by atoms with E-state index in [2.05, 4.69) is 129 Å². The molecule has 202 valence electrons. The van der Waals surface area contributed by atoms with Crippen molar-refractivity contribution in [2.24, 2.45) is 0 Å². The second-order valence-corrected chi connectivity index (χ2v) is 27.2. The monoisotopic (exact) mass is 664 g/mol. The topological polar surface area (TPSA) is 0 Å². The fraction of sp³-hybridized carbons (Fsp3) is 0.135. The van der Waals surface area contributed by atoms with Crippen molar-refractivity contribution in [3.63, 3.8) is 0 Å². The van der Waals surface area contributed by atoms with Gasteiger partial charge in [0.25, 0.3) is 0 Å². The van der Waals surface area contributed by atoms with Crippen molar-refractivity contribution in [2.45, 2.75) is 30.3 Å². The summed E-state index contributed by atoms with van der Waals surface area (Å²) in [4.78, 5) is 0. The van der Waals surface area contributed by atoms with Gasteiger partial charge in [-0.05, 0) is 0 Å². The molecule has 5 aromatic rings. The standard InChI is InChI=1S/C25H23.C12H9Si.2ClH.Zr/c1-3-9-20-14-15-21-16-18(2)17-24(21)25(20)23-13-8-7-12-22(23)19-10-5-4-6-11-19;1-3-7-11-9(5-1)10-6-2-4-8-12(10)13-11;;;/h4-8,10-17H,3,9H2,1-2H3;1-7H,13H2;2*1H;/q;;;;+2/p-2. The Kier molecular flexibility index (Phi) is 7.32. The number of aryl methyl sites for hydroxylation is 1. The molecule has 2 aliphatic rings. The van der Waals surface area contributed by atoms with E-state index in [-0.39, 0.29) is 3.63 Å². The zero-order valence-electron chi connectivity index (χ0n) is 23.4. The molecule has 1 aliphatic heterocycles. The summed E-state index contributed by atoms with van der Waals surface area (Å²) in [5.41, 5.74) is 13.2. The Morgan fingerprint density at radius 2 is 1.39 bits per heavy atom. The summed E-state index contributed by atoms with van der Waals surface area (Å²) >= 11 is -3.96. The third-order valence-electron chi connectivity index (χ3n) is 8.88. The molecule has 7 rings (SSSR count). The number of allylic oxidation sites excluding steroid dienone is 1. The minimum atomic E-state index is -3.96. The fourth-order valence-electron chi connectivity index (χ4n) is 7.12. The van der Waals surface area contributed by atoms with Crippen LogP contribution in [0.25, 0.3) is 39.5 Å². The molecule has 0 fully saturated rings. The van der Waals surface area contributed by atoms with E-state index in [9.17, 15) is 0 Å². The molecule has 0 bridgehead atoms. The predicted octanol–water partition coefficient (Wildman–Crippen LogP) is 8.32. The number of rotatable bonds is 6. The van der Waals surface area contributed by atoms with Crippen LogP contribution in [0.15, 0.2) is 115 Å². The van der Waals surface area contributed by atoms with Crippen molar-refractivity contribution in [3.8, 4) is 33.4 Å². The molecule has 0 radical (unpaired) electrons. The number of halogens is 2. The second kappa shape index (κ2) is 11.0. The second-order valence-electron chi connectivity index (χ2n) is 11.4. The van der Waals surface area contributed by atoms with Gasteiger partial charge in [0.15, 0.2) is 0 Å². The van der Waals surface area contributed by atoms with E-state index in [0.29, 0.717) is 0 Å². The van der Waals surface area contributed by atoms with Crippen LogP contribution in [-0.4, -0.2) is 9.52 Å². The van der Waals surface area contributed by atoms with E-state index in [1.54, 1.807) is 0 Å². The van der Waals surface area contributed by atoms with Gasteiger partial charge in [-0.15, -0.1) is 0 Å². The molecule has 0 amide bonds. The van der Waals surface area contributed by atoms with Crippen LogP contribution in [0.1, 0.15) is 40.6 Å². The van der Waals surface area contributed by atoms with Crippen molar-refractivity contribution in [2.75, 3.05) is 0 Å². The Hall–Kier alpha value is -2.48. The summed E-state index contributed by atoms with van der Waals surface area (Å²) in [5, 5.41) is 2.99. The van der Waals surface area contributed by atoms with Crippen LogP contribution in [0.2, 0.25) is 0 Å². The number of hydrogen-bond donors (Lipinski definition) is 0. The van der Waals surface area contributed by atoms with E-state index in [1.165, 1.54) is 69.3 Å². The van der Waals surface area contributed by atoms with E-state index in [4.69, 9.17) is 17.0 Å². The van der Waals surface area contributed by atoms with Crippen molar-refractivity contribution in [1.29, 1.82) is 0 Å². The Morgan fingerprint density at radius 1 is 0.707 bits per heavy atom. The Labute approximate surface area is 257 Å². The van der Waals surface area contributed by atoms with Gasteiger partial charge in [0.05, 0.1) is 0 Å². The van der Waals surface area contributed by atoms with Gasteiger partial charge in [-0.25, -0.2) is 0 Å². The van der Waals surface area contributed by atoms with E-state index in [0.717, 1.165) is 12.8 Å². The summed E-state index contributed by atoms with van der Waals surface area (Å²) in [7, 11) is 15.0. The molecule has 0 saturated heterocycles. The molecule has 41 heavy (non-hydrogen) atoms. The van der Waals surface area contributed by atoms with Crippen LogP contribution in [-0.2, 0) is 24.3 Å². The molecule has 0 aromatic heterocycles. The zero-order chi connectivity index (χ0) is 28.1. The van der Waals surface area contributed by atoms with Crippen LogP contribution in [0, 0.1) is 0 Å². The molecule has 1 aliphatic carbocycles. The number of benzene rings is 5. The zero-order valence-corrected chi connectivity index (χ0v) is 28.8. The Morgan fingerprint density at radius 3 is 2.17 bits per heavy atom. The SMILES string of the molecule is CCCc1ccc2c(c1-c1ccccc1-c1ccccc1)C=C(C)[CH]2[Zr]([Cl])([Cl])[c]1cccc2c1[SiH2]c1ccccc1-2. The van der Waals surface area contributed by atoms with Crippen LogP contribution < -0.4 is 13.6 Å². The maximum absolute atomic E-state index is 7.80. The molecular weight excluding hydrogens is 635 g/mol. The van der Waals surface area contributed by atoms with Crippen molar-refractivity contribution in [3.05, 3.63) is 131 Å². The summed E-state index contributed by atoms with van der Waals surface area (Å²) in [6.07, 6.45) is 4.54. The summed E-state index contributed by atoms with van der Waals surface area (Å²) in [6, 6.07) is 39.9. The van der Waals surface area contributed by atoms with Gasteiger partial charge in [-0.1, -0.05) is 0 Å². The fourth-order valence-corrected chi connectivity index (χ4v) is 24.3. The molecule has 1 unspecified atom stereocenters. The average molecular weight is 667 g/mol. The summed E-state index contributed by atoms with van der Waals surface area (Å²) < 4.78 is 1.38. The Balaban J connectivity index is 1.40. The first-order valence-electron chi connectivity index (χ1n) is 14.6. The molecule has 5 aromatic carbocycles. The third kappa shape index (κ3) is 4.59. The molecule has 0 N–H and O–H groups in total. The van der Waals surface area contributed by atoms with Crippen LogP contribution in [0.3, 0.4) is 0 Å². The van der Waals surface area contributed by atoms with Gasteiger partial charge in [0.1, 0.15) is 0 Å². The summed E-state index contributed by atoms with van der Waals surface area (Å²) in [6.45, 7) is 4.52. The number of fused-ring (bicyclic) bond motifs is 4. The van der Waals surface area contributed by atoms with Crippen LogP contribution in [0.5, 0.6) is 0 Å². The predicted molar refractivity (Wildman–Crippen MR) is 179 cm³/mol. The molecule has 0 saturated carbocycles. The van der Waals surface area contributed by atoms with Crippen molar-refractivity contribution < 1.29 is 17.9 Å². The van der Waals surface area contributed by atoms with Gasteiger partial charge in [0, 0.05) is 0 Å². The van der Waals surface area contributed by atoms with Gasteiger partial charge in [-0.2, -0.15) is 0 Å². The molecule has 4 heteroatoms. The molecule has 0 nitrogen and oxygen atoms in total. The number of hydrogen-bond acceptors (Lipinski definition) is 0. The normalized spacial score (nSPS) is 15.9. The van der Waals surface area contributed by atoms with Crippen molar-refractivity contribution in [1.82, 2.24) is 0 Å². The maximum atomic E-state index is 7.80. The van der Waals surface area contributed by atoms with Gasteiger partial charge < -0.3 is 0 Å². The Bertz CT molecular complexity index is 1820.